The Morgan fingerprint density at radius 1 is 1.48 bits per heavy atom. The van der Waals surface area contributed by atoms with Crippen molar-refractivity contribution in [3.8, 4) is 5.75 Å². The molecular formula is C15H14ClN2O4S-. The van der Waals surface area contributed by atoms with Crippen LogP contribution in [0, 0.1) is 0 Å². The maximum Gasteiger partial charge on any atom is 0.234 e. The Balaban J connectivity index is 2.12. The summed E-state index contributed by atoms with van der Waals surface area (Å²) in [5, 5.41) is 15.9. The highest BCUT2D eigenvalue weighted by atomic mass is 35.5. The maximum absolute atomic E-state index is 12.4. The number of aromatic nitrogens is 1. The molecule has 122 valence electrons. The number of carboxylic acids is 1. The topological polar surface area (TPSA) is 91.3 Å². The molecule has 0 aliphatic carbocycles. The summed E-state index contributed by atoms with van der Waals surface area (Å²) in [4.78, 5) is 27.1. The van der Waals surface area contributed by atoms with E-state index in [0.717, 1.165) is 0 Å². The normalized spacial score (nSPS) is 11.8. The van der Waals surface area contributed by atoms with Gasteiger partial charge in [-0.3, -0.25) is 4.79 Å². The van der Waals surface area contributed by atoms with Crippen LogP contribution in [-0.2, 0) is 16.0 Å². The fourth-order valence-corrected chi connectivity index (χ4v) is 2.93. The molecule has 1 atom stereocenters. The van der Waals surface area contributed by atoms with Gasteiger partial charge in [0.2, 0.25) is 5.91 Å². The summed E-state index contributed by atoms with van der Waals surface area (Å²) in [5.41, 5.74) is 0.841. The number of hydrogen-bond donors (Lipinski definition) is 1. The smallest absolute Gasteiger partial charge is 0.234 e. The van der Waals surface area contributed by atoms with Crippen LogP contribution in [0.5, 0.6) is 5.75 Å². The second-order valence-corrected chi connectivity index (χ2v) is 6.11. The third-order valence-electron chi connectivity index (χ3n) is 3.08. The number of benzene rings is 1. The predicted octanol–water partition coefficient (Wildman–Crippen LogP) is 1.84. The van der Waals surface area contributed by atoms with Gasteiger partial charge in [-0.15, -0.1) is 11.3 Å². The van der Waals surface area contributed by atoms with Crippen molar-refractivity contribution < 1.29 is 19.4 Å². The second-order valence-electron chi connectivity index (χ2n) is 4.78. The molecule has 0 aliphatic rings. The van der Waals surface area contributed by atoms with Crippen LogP contribution < -0.4 is 15.2 Å². The van der Waals surface area contributed by atoms with Gasteiger partial charge in [0.05, 0.1) is 24.4 Å². The van der Waals surface area contributed by atoms with E-state index in [0.29, 0.717) is 27.2 Å². The molecule has 23 heavy (non-hydrogen) atoms. The van der Waals surface area contributed by atoms with E-state index >= 15 is 0 Å². The monoisotopic (exact) mass is 353 g/mol. The number of methoxy groups -OCH3 is 1. The van der Waals surface area contributed by atoms with Crippen molar-refractivity contribution in [2.24, 2.45) is 0 Å². The lowest BCUT2D eigenvalue weighted by atomic mass is 10.1. The van der Waals surface area contributed by atoms with E-state index in [2.05, 4.69) is 10.3 Å². The first-order chi connectivity index (χ1) is 10.9. The predicted molar refractivity (Wildman–Crippen MR) is 85.9 cm³/mol. The highest BCUT2D eigenvalue weighted by Gasteiger charge is 2.20. The minimum absolute atomic E-state index is 0.271. The van der Waals surface area contributed by atoms with Crippen molar-refractivity contribution in [1.29, 1.82) is 0 Å². The van der Waals surface area contributed by atoms with Gasteiger partial charge in [0, 0.05) is 22.8 Å². The Hall–Kier alpha value is -2.12. The van der Waals surface area contributed by atoms with Crippen molar-refractivity contribution in [3.63, 3.8) is 0 Å². The molecule has 1 aromatic heterocycles. The van der Waals surface area contributed by atoms with E-state index < -0.39 is 11.9 Å². The highest BCUT2D eigenvalue weighted by Crippen LogP contribution is 2.29. The van der Waals surface area contributed by atoms with Crippen LogP contribution in [0.1, 0.15) is 23.5 Å². The third kappa shape index (κ3) is 4.43. The van der Waals surface area contributed by atoms with Gasteiger partial charge in [-0.25, -0.2) is 4.98 Å². The second kappa shape index (κ2) is 7.43. The van der Waals surface area contributed by atoms with Crippen LogP contribution in [0.4, 0.5) is 5.69 Å². The zero-order valence-electron chi connectivity index (χ0n) is 12.5. The number of anilines is 1. The quantitative estimate of drug-likeness (QED) is 0.855. The largest absolute Gasteiger partial charge is 0.550 e. The Bertz CT molecular complexity index is 732. The van der Waals surface area contributed by atoms with E-state index in [4.69, 9.17) is 16.3 Å². The molecule has 2 aromatic rings. The molecule has 8 heteroatoms. The molecule has 0 fully saturated rings. The molecular weight excluding hydrogens is 340 g/mol. The number of hydrogen-bond acceptors (Lipinski definition) is 6. The number of amides is 1. The lowest BCUT2D eigenvalue weighted by Crippen LogP contribution is -2.24. The summed E-state index contributed by atoms with van der Waals surface area (Å²) < 4.78 is 5.18. The molecule has 0 radical (unpaired) electrons. The van der Waals surface area contributed by atoms with E-state index in [-0.39, 0.29) is 12.3 Å². The molecule has 1 amide bonds. The number of halogens is 1. The average molecular weight is 354 g/mol. The van der Waals surface area contributed by atoms with Gasteiger partial charge >= 0.3 is 0 Å². The average Bonchev–Trinajstić information content (AvgIpc) is 2.94. The van der Waals surface area contributed by atoms with Crippen LogP contribution in [0.2, 0.25) is 5.02 Å². The van der Waals surface area contributed by atoms with Gasteiger partial charge in [0.1, 0.15) is 10.8 Å². The fraction of sp³-hybridized carbons (Fsp3) is 0.267. The first-order valence-corrected chi connectivity index (χ1v) is 7.95. The third-order valence-corrected chi connectivity index (χ3v) is 4.39. The summed E-state index contributed by atoms with van der Waals surface area (Å²) in [5.74, 6) is -1.55. The summed E-state index contributed by atoms with van der Waals surface area (Å²) in [6.45, 7) is 1.69. The van der Waals surface area contributed by atoms with Gasteiger partial charge in [-0.2, -0.15) is 0 Å². The zero-order valence-corrected chi connectivity index (χ0v) is 14.0. The van der Waals surface area contributed by atoms with Crippen LogP contribution in [-0.4, -0.2) is 24.0 Å². The van der Waals surface area contributed by atoms with Crippen LogP contribution in [0.25, 0.3) is 0 Å². The Kier molecular flexibility index (Phi) is 5.57. The molecule has 0 bridgehead atoms. The Morgan fingerprint density at radius 3 is 2.87 bits per heavy atom. The number of carboxylic acid groups (broad SMARTS) is 1. The van der Waals surface area contributed by atoms with Crippen molar-refractivity contribution in [2.75, 3.05) is 12.4 Å². The number of rotatable bonds is 6. The van der Waals surface area contributed by atoms with Crippen molar-refractivity contribution >= 4 is 40.5 Å². The van der Waals surface area contributed by atoms with Crippen LogP contribution >= 0.6 is 22.9 Å². The van der Waals surface area contributed by atoms with Crippen LogP contribution in [0.3, 0.4) is 0 Å². The molecule has 2 rings (SSSR count). The first-order valence-electron chi connectivity index (χ1n) is 6.69. The minimum Gasteiger partial charge on any atom is -0.550 e. The molecule has 0 spiro atoms. The maximum atomic E-state index is 12.4. The molecule has 0 unspecified atom stereocenters. The number of nitrogens with one attached hydrogen (secondary N) is 1. The van der Waals surface area contributed by atoms with Gasteiger partial charge in [-0.1, -0.05) is 11.6 Å². The molecule has 0 aliphatic heterocycles. The lowest BCUT2D eigenvalue weighted by Gasteiger charge is -2.13. The van der Waals surface area contributed by atoms with Gasteiger partial charge < -0.3 is 20.0 Å². The van der Waals surface area contributed by atoms with Crippen molar-refractivity contribution in [3.05, 3.63) is 39.3 Å². The van der Waals surface area contributed by atoms with Crippen molar-refractivity contribution in [1.82, 2.24) is 4.98 Å². The number of aliphatic carboxylic acids is 1. The highest BCUT2D eigenvalue weighted by molar-refractivity contribution is 7.09. The molecule has 0 saturated carbocycles. The number of carbonyl (C=O) groups is 2. The van der Waals surface area contributed by atoms with E-state index in [9.17, 15) is 14.7 Å². The molecule has 0 saturated heterocycles. The summed E-state index contributed by atoms with van der Waals surface area (Å²) in [6, 6.07) is 4.91. The molecule has 1 N–H and O–H groups in total. The Labute approximate surface area is 142 Å². The SMILES string of the molecule is COc1ccc(Cl)cc1NC(=O)[C@@H](C)c1nc(CC(=O)[O-])cs1. The summed E-state index contributed by atoms with van der Waals surface area (Å²) in [6.07, 6.45) is -0.271. The molecule has 6 nitrogen and oxygen atoms in total. The first kappa shape index (κ1) is 17.2. The number of thiazole rings is 1. The minimum atomic E-state index is -1.21. The van der Waals surface area contributed by atoms with Gasteiger partial charge in [0.25, 0.3) is 0 Å². The molecule has 1 heterocycles. The summed E-state index contributed by atoms with van der Waals surface area (Å²) in [7, 11) is 1.50. The molecule has 1 aromatic carbocycles. The van der Waals surface area contributed by atoms with E-state index in [1.165, 1.54) is 18.4 Å². The van der Waals surface area contributed by atoms with Crippen LogP contribution in [0.15, 0.2) is 23.6 Å². The number of nitrogens with zero attached hydrogens (tertiary/aromatic N) is 1. The van der Waals surface area contributed by atoms with Gasteiger partial charge in [0.15, 0.2) is 0 Å². The summed E-state index contributed by atoms with van der Waals surface area (Å²) >= 11 is 7.16. The zero-order chi connectivity index (χ0) is 17.0. The Morgan fingerprint density at radius 2 is 2.22 bits per heavy atom. The number of carbonyl (C=O) groups excluding carboxylic acids is 2. The fourth-order valence-electron chi connectivity index (χ4n) is 1.88. The van der Waals surface area contributed by atoms with E-state index in [1.807, 2.05) is 0 Å². The lowest BCUT2D eigenvalue weighted by molar-refractivity contribution is -0.304. The van der Waals surface area contributed by atoms with Gasteiger partial charge in [-0.05, 0) is 25.1 Å². The number of ether oxygens (including phenoxy) is 1. The standard InChI is InChI=1S/C15H15ClN2O4S/c1-8(15-17-10(7-23-15)6-13(19)20)14(21)18-11-5-9(16)3-4-12(11)22-2/h3-5,7-8H,6H2,1-2H3,(H,18,21)(H,19,20)/p-1/t8-/m1/s1. The van der Waals surface area contributed by atoms with E-state index in [1.54, 1.807) is 30.5 Å². The van der Waals surface area contributed by atoms with Crippen molar-refractivity contribution in [2.45, 2.75) is 19.3 Å².